The Morgan fingerprint density at radius 2 is 2.06 bits per heavy atom. The quantitative estimate of drug-likeness (QED) is 0.661. The van der Waals surface area contributed by atoms with Crippen LogP contribution in [0.15, 0.2) is 12.2 Å². The van der Waals surface area contributed by atoms with Gasteiger partial charge in [0.2, 0.25) is 0 Å². The van der Waals surface area contributed by atoms with Gasteiger partial charge in [0.15, 0.2) is 0 Å². The van der Waals surface area contributed by atoms with Crippen LogP contribution in [0.4, 0.5) is 8.78 Å². The molecule has 0 aromatic carbocycles. The second kappa shape index (κ2) is 6.20. The predicted molar refractivity (Wildman–Crippen MR) is 55.6 cm³/mol. The zero-order valence-electron chi connectivity index (χ0n) is 9.06. The van der Waals surface area contributed by atoms with Crippen LogP contribution in [0.3, 0.4) is 0 Å². The predicted octanol–water partition coefficient (Wildman–Crippen LogP) is 0.0606. The monoisotopic (exact) mass is 267 g/mol. The molecular formula is C10H13F2O4S-. The van der Waals surface area contributed by atoms with Crippen molar-refractivity contribution in [2.45, 2.75) is 19.0 Å². The molecule has 0 spiro atoms. The molecule has 17 heavy (non-hydrogen) atoms. The summed E-state index contributed by atoms with van der Waals surface area (Å²) in [5, 5.41) is 9.91. The number of carboxylic acid groups (broad SMARTS) is 1. The maximum Gasteiger partial charge on any atom is 0.397 e. The van der Waals surface area contributed by atoms with Crippen LogP contribution < -0.4 is 5.11 Å². The summed E-state index contributed by atoms with van der Waals surface area (Å²) in [4.78, 5) is 9.91. The Labute approximate surface area is 100 Å². The van der Waals surface area contributed by atoms with Crippen molar-refractivity contribution in [3.05, 3.63) is 12.2 Å². The van der Waals surface area contributed by atoms with E-state index in [4.69, 9.17) is 0 Å². The van der Waals surface area contributed by atoms with E-state index < -0.39 is 29.5 Å². The number of halogens is 2. The summed E-state index contributed by atoms with van der Waals surface area (Å²) < 4.78 is 39.7. The fraction of sp³-hybridized carbons (Fsp3) is 0.700. The SMILES string of the molecule is O=C([O-])C(F)(F)OC/C=C/C1CCS(=O)CC1. The first kappa shape index (κ1) is 14.2. The molecule has 1 fully saturated rings. The van der Waals surface area contributed by atoms with Crippen LogP contribution in [0.5, 0.6) is 0 Å². The van der Waals surface area contributed by atoms with E-state index >= 15 is 0 Å². The Morgan fingerprint density at radius 1 is 1.47 bits per heavy atom. The van der Waals surface area contributed by atoms with Crippen molar-refractivity contribution in [3.8, 4) is 0 Å². The van der Waals surface area contributed by atoms with Crippen LogP contribution in [0.25, 0.3) is 0 Å². The summed E-state index contributed by atoms with van der Waals surface area (Å²) in [5.41, 5.74) is 0. The Bertz CT molecular complexity index is 320. The molecule has 7 heteroatoms. The van der Waals surface area contributed by atoms with Gasteiger partial charge in [0, 0.05) is 22.3 Å². The molecule has 0 aliphatic carbocycles. The normalized spacial score (nSPS) is 26.2. The summed E-state index contributed by atoms with van der Waals surface area (Å²) in [6, 6.07) is 0. The first-order chi connectivity index (χ1) is 7.92. The van der Waals surface area contributed by atoms with Gasteiger partial charge in [-0.05, 0) is 18.8 Å². The van der Waals surface area contributed by atoms with Gasteiger partial charge in [-0.3, -0.25) is 4.21 Å². The number of hydrogen-bond donors (Lipinski definition) is 0. The lowest BCUT2D eigenvalue weighted by atomic mass is 10.0. The summed E-state index contributed by atoms with van der Waals surface area (Å²) in [5.74, 6) is -1.11. The molecule has 98 valence electrons. The molecule has 1 aliphatic heterocycles. The minimum atomic E-state index is -4.25. The van der Waals surface area contributed by atoms with Crippen molar-refractivity contribution >= 4 is 16.8 Å². The second-order valence-electron chi connectivity index (χ2n) is 3.73. The first-order valence-corrected chi connectivity index (χ1v) is 6.65. The van der Waals surface area contributed by atoms with Crippen LogP contribution in [-0.4, -0.2) is 34.4 Å². The standard InChI is InChI=1S/C10H14F2O4S/c11-10(12,9(13)14)16-5-1-2-8-3-6-17(15)7-4-8/h1-2,8H,3-7H2,(H,13,14)/p-1/b2-1+. The van der Waals surface area contributed by atoms with Gasteiger partial charge < -0.3 is 14.6 Å². The largest absolute Gasteiger partial charge is 0.542 e. The number of aliphatic carboxylic acids is 1. The highest BCUT2D eigenvalue weighted by Gasteiger charge is 2.31. The molecule has 0 aromatic heterocycles. The molecule has 0 N–H and O–H groups in total. The highest BCUT2D eigenvalue weighted by Crippen LogP contribution is 2.18. The molecule has 0 amide bonds. The van der Waals surface area contributed by atoms with Crippen LogP contribution in [0.1, 0.15) is 12.8 Å². The van der Waals surface area contributed by atoms with Crippen LogP contribution in [0.2, 0.25) is 0 Å². The zero-order valence-corrected chi connectivity index (χ0v) is 9.88. The summed E-state index contributed by atoms with van der Waals surface area (Å²) in [7, 11) is -0.760. The molecule has 0 bridgehead atoms. The Hall–Kier alpha value is -0.820. The lowest BCUT2D eigenvalue weighted by Crippen LogP contribution is -2.43. The third kappa shape index (κ3) is 4.91. The van der Waals surface area contributed by atoms with E-state index in [2.05, 4.69) is 4.74 Å². The van der Waals surface area contributed by atoms with Gasteiger partial charge >= 0.3 is 6.11 Å². The summed E-state index contributed by atoms with van der Waals surface area (Å²) >= 11 is 0. The van der Waals surface area contributed by atoms with Crippen molar-refractivity contribution in [1.29, 1.82) is 0 Å². The summed E-state index contributed by atoms with van der Waals surface area (Å²) in [6.07, 6.45) is 0.301. The molecule has 1 rings (SSSR count). The maximum absolute atomic E-state index is 12.4. The number of ether oxygens (including phenoxy) is 1. The molecule has 0 aromatic rings. The number of carbonyl (C=O) groups is 1. The van der Waals surface area contributed by atoms with Crippen molar-refractivity contribution in [2.24, 2.45) is 5.92 Å². The molecule has 1 aliphatic rings. The third-order valence-electron chi connectivity index (χ3n) is 2.44. The number of rotatable bonds is 5. The fourth-order valence-electron chi connectivity index (χ4n) is 1.46. The number of allylic oxidation sites excluding steroid dienone is 1. The lowest BCUT2D eigenvalue weighted by molar-refractivity contribution is -0.361. The Kier molecular flexibility index (Phi) is 5.20. The molecule has 0 radical (unpaired) electrons. The summed E-state index contributed by atoms with van der Waals surface area (Å²) in [6.45, 7) is -0.486. The highest BCUT2D eigenvalue weighted by molar-refractivity contribution is 7.85. The highest BCUT2D eigenvalue weighted by atomic mass is 32.2. The van der Waals surface area contributed by atoms with Gasteiger partial charge in [-0.2, -0.15) is 8.78 Å². The number of alkyl halides is 2. The van der Waals surface area contributed by atoms with E-state index in [1.54, 1.807) is 6.08 Å². The Balaban J connectivity index is 2.27. The van der Waals surface area contributed by atoms with Crippen LogP contribution in [0, 0.1) is 5.92 Å². The Morgan fingerprint density at radius 3 is 2.59 bits per heavy atom. The van der Waals surface area contributed by atoms with E-state index in [1.807, 2.05) is 0 Å². The number of hydrogen-bond acceptors (Lipinski definition) is 4. The van der Waals surface area contributed by atoms with Gasteiger partial charge in [0.1, 0.15) is 5.97 Å². The number of carbonyl (C=O) groups excluding carboxylic acids is 1. The van der Waals surface area contributed by atoms with Crippen LogP contribution >= 0.6 is 0 Å². The van der Waals surface area contributed by atoms with Crippen molar-refractivity contribution in [3.63, 3.8) is 0 Å². The minimum Gasteiger partial charge on any atom is -0.542 e. The van der Waals surface area contributed by atoms with E-state index in [0.29, 0.717) is 11.5 Å². The van der Waals surface area contributed by atoms with Gasteiger partial charge in [0.25, 0.3) is 0 Å². The molecule has 0 saturated carbocycles. The van der Waals surface area contributed by atoms with Crippen LogP contribution in [-0.2, 0) is 20.3 Å². The van der Waals surface area contributed by atoms with Crippen molar-refractivity contribution in [1.82, 2.24) is 0 Å². The lowest BCUT2D eigenvalue weighted by Gasteiger charge is -2.18. The van der Waals surface area contributed by atoms with Gasteiger partial charge in [0.05, 0.1) is 6.61 Å². The van der Waals surface area contributed by atoms with E-state index in [0.717, 1.165) is 12.8 Å². The molecular weight excluding hydrogens is 254 g/mol. The second-order valence-corrected chi connectivity index (χ2v) is 5.43. The third-order valence-corrected chi connectivity index (χ3v) is 3.82. The first-order valence-electron chi connectivity index (χ1n) is 5.16. The molecule has 0 unspecified atom stereocenters. The minimum absolute atomic E-state index is 0.202. The molecule has 4 nitrogen and oxygen atoms in total. The van der Waals surface area contributed by atoms with Gasteiger partial charge in [-0.25, -0.2) is 0 Å². The van der Waals surface area contributed by atoms with Gasteiger partial charge in [-0.1, -0.05) is 12.2 Å². The average molecular weight is 267 g/mol. The van der Waals surface area contributed by atoms with Gasteiger partial charge in [-0.15, -0.1) is 0 Å². The van der Waals surface area contributed by atoms with E-state index in [9.17, 15) is 22.9 Å². The average Bonchev–Trinajstić information content (AvgIpc) is 2.26. The van der Waals surface area contributed by atoms with Crippen molar-refractivity contribution < 1.29 is 27.6 Å². The zero-order chi connectivity index (χ0) is 12.9. The maximum atomic E-state index is 12.4. The topological polar surface area (TPSA) is 66.4 Å². The van der Waals surface area contributed by atoms with Crippen molar-refractivity contribution in [2.75, 3.05) is 18.1 Å². The molecule has 1 saturated heterocycles. The fourth-order valence-corrected chi connectivity index (χ4v) is 2.80. The molecule has 0 atom stereocenters. The smallest absolute Gasteiger partial charge is 0.397 e. The van der Waals surface area contributed by atoms with E-state index in [1.165, 1.54) is 6.08 Å². The molecule has 1 heterocycles. The van der Waals surface area contributed by atoms with E-state index in [-0.39, 0.29) is 5.92 Å². The number of carboxylic acids is 1.